The van der Waals surface area contributed by atoms with Crippen molar-refractivity contribution >= 4 is 23.3 Å². The van der Waals surface area contributed by atoms with Crippen LogP contribution < -0.4 is 0 Å². The number of carbonyl (C=O) groups excluding carboxylic acids is 2. The molecule has 4 heteroatoms. The Labute approximate surface area is 131 Å². The predicted octanol–water partition coefficient (Wildman–Crippen LogP) is 3.97. The lowest BCUT2D eigenvalue weighted by Crippen LogP contribution is -2.15. The molecule has 0 bridgehead atoms. The van der Waals surface area contributed by atoms with Crippen molar-refractivity contribution in [3.8, 4) is 0 Å². The van der Waals surface area contributed by atoms with Gasteiger partial charge in [-0.15, -0.1) is 0 Å². The summed E-state index contributed by atoms with van der Waals surface area (Å²) >= 11 is 0. The quantitative estimate of drug-likeness (QED) is 0.520. The van der Waals surface area contributed by atoms with E-state index in [1.165, 1.54) is 19.3 Å². The number of nitrogens with zero attached hydrogens (tertiary/aromatic N) is 1. The number of fused-ring (bicyclic) bond motifs is 1. The molecule has 0 amide bonds. The fourth-order valence-corrected chi connectivity index (χ4v) is 2.73. The van der Waals surface area contributed by atoms with Crippen molar-refractivity contribution < 1.29 is 14.3 Å². The maximum Gasteiger partial charge on any atom is 0.293 e. The van der Waals surface area contributed by atoms with Crippen LogP contribution in [0.5, 0.6) is 0 Å². The zero-order valence-electron chi connectivity index (χ0n) is 13.1. The third-order valence-electron chi connectivity index (χ3n) is 3.82. The Morgan fingerprint density at radius 2 is 2.05 bits per heavy atom. The smallest absolute Gasteiger partial charge is 0.293 e. The number of benzene rings is 1. The molecule has 0 spiro atoms. The van der Waals surface area contributed by atoms with Gasteiger partial charge in [0.05, 0.1) is 18.5 Å². The first-order chi connectivity index (χ1) is 10.8. The maximum atomic E-state index is 12.5. The molecule has 0 aliphatic carbocycles. The van der Waals surface area contributed by atoms with Crippen LogP contribution >= 0.6 is 0 Å². The van der Waals surface area contributed by atoms with Crippen LogP contribution in [0.3, 0.4) is 0 Å². The van der Waals surface area contributed by atoms with Gasteiger partial charge in [0.1, 0.15) is 0 Å². The molecule has 0 saturated heterocycles. The molecule has 0 aliphatic heterocycles. The average Bonchev–Trinajstić information content (AvgIpc) is 2.90. The van der Waals surface area contributed by atoms with Gasteiger partial charge in [0.25, 0.3) is 6.47 Å². The Morgan fingerprint density at radius 3 is 2.82 bits per heavy atom. The lowest BCUT2D eigenvalue weighted by atomic mass is 10.1. The highest BCUT2D eigenvalue weighted by atomic mass is 16.5. The highest BCUT2D eigenvalue weighted by Crippen LogP contribution is 2.22. The van der Waals surface area contributed by atoms with Crippen molar-refractivity contribution in [1.82, 2.24) is 4.57 Å². The summed E-state index contributed by atoms with van der Waals surface area (Å²) in [7, 11) is 0. The minimum absolute atomic E-state index is 0.0199. The second-order valence-electron chi connectivity index (χ2n) is 5.45. The summed E-state index contributed by atoms with van der Waals surface area (Å²) in [5.74, 6) is -0.0199. The average molecular weight is 301 g/mol. The van der Waals surface area contributed by atoms with Crippen LogP contribution in [0, 0.1) is 0 Å². The minimum Gasteiger partial charge on any atom is -0.467 e. The van der Waals surface area contributed by atoms with Gasteiger partial charge in [-0.2, -0.15) is 0 Å². The number of hydrogen-bond acceptors (Lipinski definition) is 3. The van der Waals surface area contributed by atoms with E-state index in [1.54, 1.807) is 4.57 Å². The monoisotopic (exact) mass is 301 g/mol. The SMILES string of the molecule is CCCCCCc1cc2ccccc2n1C(=O)CCOC=O. The van der Waals surface area contributed by atoms with E-state index in [2.05, 4.69) is 17.7 Å². The summed E-state index contributed by atoms with van der Waals surface area (Å²) in [6.07, 6.45) is 5.80. The first-order valence-electron chi connectivity index (χ1n) is 7.95. The van der Waals surface area contributed by atoms with Gasteiger partial charge in [0.15, 0.2) is 0 Å². The Hall–Kier alpha value is -2.10. The van der Waals surface area contributed by atoms with Crippen LogP contribution in [-0.4, -0.2) is 23.6 Å². The summed E-state index contributed by atoms with van der Waals surface area (Å²) in [5.41, 5.74) is 1.98. The molecule has 1 aromatic heterocycles. The molecule has 0 fully saturated rings. The number of ether oxygens (including phenoxy) is 1. The first-order valence-corrected chi connectivity index (χ1v) is 7.95. The molecular weight excluding hydrogens is 278 g/mol. The number of para-hydroxylation sites is 1. The van der Waals surface area contributed by atoms with Gasteiger partial charge in [-0.05, 0) is 25.0 Å². The molecule has 0 aliphatic rings. The summed E-state index contributed by atoms with van der Waals surface area (Å²) < 4.78 is 6.44. The standard InChI is InChI=1S/C18H23NO3/c1-2-3-4-5-9-16-13-15-8-6-7-10-17(15)19(16)18(21)11-12-22-14-20/h6-8,10,13-14H,2-5,9,11-12H2,1H3. The lowest BCUT2D eigenvalue weighted by molar-refractivity contribution is -0.128. The number of carbonyl (C=O) groups is 2. The number of hydrogen-bond donors (Lipinski definition) is 0. The van der Waals surface area contributed by atoms with Gasteiger partial charge in [0, 0.05) is 11.1 Å². The molecule has 1 heterocycles. The second kappa shape index (κ2) is 8.37. The topological polar surface area (TPSA) is 48.3 Å². The Bertz CT molecular complexity index is 630. The van der Waals surface area contributed by atoms with Crippen molar-refractivity contribution in [1.29, 1.82) is 0 Å². The summed E-state index contributed by atoms with van der Waals surface area (Å²) in [5, 5.41) is 1.08. The fraction of sp³-hybridized carbons (Fsp3) is 0.444. The van der Waals surface area contributed by atoms with Gasteiger partial charge in [0.2, 0.25) is 5.91 Å². The van der Waals surface area contributed by atoms with Crippen molar-refractivity contribution in [3.05, 3.63) is 36.0 Å². The van der Waals surface area contributed by atoms with Crippen LogP contribution in [0.15, 0.2) is 30.3 Å². The normalized spacial score (nSPS) is 10.8. The van der Waals surface area contributed by atoms with E-state index in [1.807, 2.05) is 24.3 Å². The minimum atomic E-state index is -0.0199. The molecule has 0 unspecified atom stereocenters. The number of unbranched alkanes of at least 4 members (excludes halogenated alkanes) is 3. The Kier molecular flexibility index (Phi) is 6.19. The van der Waals surface area contributed by atoms with Gasteiger partial charge in [-0.25, -0.2) is 0 Å². The molecule has 0 radical (unpaired) electrons. The van der Waals surface area contributed by atoms with Gasteiger partial charge < -0.3 is 4.74 Å². The van der Waals surface area contributed by atoms with Crippen LogP contribution in [0.4, 0.5) is 0 Å². The summed E-state index contributed by atoms with van der Waals surface area (Å²) in [6, 6.07) is 10.0. The van der Waals surface area contributed by atoms with Crippen LogP contribution in [0.25, 0.3) is 10.9 Å². The number of rotatable bonds is 9. The van der Waals surface area contributed by atoms with Gasteiger partial charge >= 0.3 is 0 Å². The van der Waals surface area contributed by atoms with Crippen molar-refractivity contribution in [2.45, 2.75) is 45.4 Å². The molecular formula is C18H23NO3. The van der Waals surface area contributed by atoms with E-state index in [4.69, 9.17) is 0 Å². The Balaban J connectivity index is 2.19. The molecule has 4 nitrogen and oxygen atoms in total. The van der Waals surface area contributed by atoms with Crippen LogP contribution in [0.2, 0.25) is 0 Å². The zero-order valence-corrected chi connectivity index (χ0v) is 13.1. The largest absolute Gasteiger partial charge is 0.467 e. The van der Waals surface area contributed by atoms with E-state index in [0.29, 0.717) is 6.47 Å². The van der Waals surface area contributed by atoms with E-state index in [-0.39, 0.29) is 18.9 Å². The first kappa shape index (κ1) is 16.3. The van der Waals surface area contributed by atoms with E-state index < -0.39 is 0 Å². The predicted molar refractivity (Wildman–Crippen MR) is 87.0 cm³/mol. The van der Waals surface area contributed by atoms with E-state index in [9.17, 15) is 9.59 Å². The molecule has 0 atom stereocenters. The molecule has 0 saturated carbocycles. The summed E-state index contributed by atoms with van der Waals surface area (Å²) in [6.45, 7) is 2.70. The van der Waals surface area contributed by atoms with E-state index in [0.717, 1.165) is 29.4 Å². The second-order valence-corrected chi connectivity index (χ2v) is 5.45. The van der Waals surface area contributed by atoms with E-state index >= 15 is 0 Å². The Morgan fingerprint density at radius 1 is 1.23 bits per heavy atom. The highest BCUT2D eigenvalue weighted by Gasteiger charge is 2.14. The third-order valence-corrected chi connectivity index (χ3v) is 3.82. The number of aryl methyl sites for hydroxylation is 1. The van der Waals surface area contributed by atoms with Crippen molar-refractivity contribution in [2.24, 2.45) is 0 Å². The van der Waals surface area contributed by atoms with Crippen LogP contribution in [-0.2, 0) is 16.0 Å². The number of aromatic nitrogens is 1. The molecule has 118 valence electrons. The van der Waals surface area contributed by atoms with Gasteiger partial charge in [-0.3, -0.25) is 14.2 Å². The van der Waals surface area contributed by atoms with Crippen LogP contribution in [0.1, 0.15) is 49.5 Å². The van der Waals surface area contributed by atoms with Crippen molar-refractivity contribution in [3.63, 3.8) is 0 Å². The fourth-order valence-electron chi connectivity index (χ4n) is 2.73. The zero-order chi connectivity index (χ0) is 15.8. The molecule has 2 rings (SSSR count). The maximum absolute atomic E-state index is 12.5. The molecule has 2 aromatic rings. The van der Waals surface area contributed by atoms with Crippen molar-refractivity contribution in [2.75, 3.05) is 6.61 Å². The van der Waals surface area contributed by atoms with Gasteiger partial charge in [-0.1, -0.05) is 44.4 Å². The highest BCUT2D eigenvalue weighted by molar-refractivity contribution is 5.93. The summed E-state index contributed by atoms with van der Waals surface area (Å²) in [4.78, 5) is 22.7. The molecule has 1 aromatic carbocycles. The third kappa shape index (κ3) is 3.97. The molecule has 0 N–H and O–H groups in total. The molecule has 22 heavy (non-hydrogen) atoms. The lowest BCUT2D eigenvalue weighted by Gasteiger charge is -2.09.